The minimum absolute atomic E-state index is 0.101. The quantitative estimate of drug-likeness (QED) is 0.838. The molecule has 0 aromatic heterocycles. The van der Waals surface area contributed by atoms with E-state index < -0.39 is 10.2 Å². The summed E-state index contributed by atoms with van der Waals surface area (Å²) in [5.41, 5.74) is 0.767. The minimum Gasteiger partial charge on any atom is -0.347 e. The summed E-state index contributed by atoms with van der Waals surface area (Å²) in [4.78, 5) is 12.5. The molecular formula is C18H31N3O3S. The van der Waals surface area contributed by atoms with Gasteiger partial charge in [0.2, 0.25) is 0 Å². The van der Waals surface area contributed by atoms with E-state index in [1.165, 1.54) is 25.4 Å². The van der Waals surface area contributed by atoms with Crippen LogP contribution in [-0.2, 0) is 10.2 Å². The van der Waals surface area contributed by atoms with Gasteiger partial charge in [-0.1, -0.05) is 20.8 Å². The number of carbonyl (C=O) groups is 1. The molecule has 1 aromatic rings. The molecule has 0 aliphatic carbocycles. The topological polar surface area (TPSA) is 69.7 Å². The number of nitrogens with zero attached hydrogens (tertiary/aromatic N) is 2. The molecule has 0 unspecified atom stereocenters. The molecule has 1 amide bonds. The smallest absolute Gasteiger partial charge is 0.303 e. The summed E-state index contributed by atoms with van der Waals surface area (Å²) < 4.78 is 26.6. The Bertz CT molecular complexity index is 702. The van der Waals surface area contributed by atoms with Crippen molar-refractivity contribution in [3.63, 3.8) is 0 Å². The van der Waals surface area contributed by atoms with Crippen molar-refractivity contribution in [1.29, 1.82) is 0 Å². The van der Waals surface area contributed by atoms with Gasteiger partial charge in [-0.05, 0) is 49.9 Å². The van der Waals surface area contributed by atoms with Gasteiger partial charge in [-0.2, -0.15) is 12.7 Å². The Morgan fingerprint density at radius 2 is 1.48 bits per heavy atom. The van der Waals surface area contributed by atoms with Crippen LogP contribution in [0.3, 0.4) is 0 Å². The van der Waals surface area contributed by atoms with Crippen molar-refractivity contribution >= 4 is 21.8 Å². The van der Waals surface area contributed by atoms with E-state index in [0.717, 1.165) is 10.7 Å². The number of anilines is 1. The Hall–Kier alpha value is -1.60. The molecule has 7 heteroatoms. The monoisotopic (exact) mass is 369 g/mol. The van der Waals surface area contributed by atoms with Gasteiger partial charge in [0.1, 0.15) is 0 Å². The summed E-state index contributed by atoms with van der Waals surface area (Å²) in [7, 11) is 0.891. The van der Waals surface area contributed by atoms with Gasteiger partial charge in [0, 0.05) is 32.2 Å². The van der Waals surface area contributed by atoms with E-state index in [0.29, 0.717) is 11.3 Å². The third-order valence-electron chi connectivity index (χ3n) is 3.72. The van der Waals surface area contributed by atoms with Crippen molar-refractivity contribution in [2.75, 3.05) is 25.4 Å². The maximum Gasteiger partial charge on any atom is 0.303 e. The first kappa shape index (κ1) is 21.4. The van der Waals surface area contributed by atoms with E-state index in [1.807, 2.05) is 13.8 Å². The summed E-state index contributed by atoms with van der Waals surface area (Å²) in [5, 5.41) is 3.05. The zero-order valence-electron chi connectivity index (χ0n) is 16.5. The van der Waals surface area contributed by atoms with Crippen molar-refractivity contribution < 1.29 is 13.2 Å². The molecule has 0 aliphatic heterocycles. The fourth-order valence-corrected chi connectivity index (χ4v) is 3.83. The molecule has 1 rings (SSSR count). The van der Waals surface area contributed by atoms with Gasteiger partial charge in [-0.25, -0.2) is 0 Å². The molecule has 6 nitrogen and oxygen atoms in total. The van der Waals surface area contributed by atoms with Crippen LogP contribution in [-0.4, -0.2) is 45.3 Å². The van der Waals surface area contributed by atoms with Crippen molar-refractivity contribution in [2.24, 2.45) is 5.41 Å². The first-order valence-electron chi connectivity index (χ1n) is 8.25. The maximum atomic E-state index is 12.5. The lowest BCUT2D eigenvalue weighted by atomic mass is 9.81. The zero-order chi connectivity index (χ0) is 19.6. The van der Waals surface area contributed by atoms with Gasteiger partial charge in [0.15, 0.2) is 0 Å². The lowest BCUT2D eigenvalue weighted by Gasteiger charge is -2.33. The van der Waals surface area contributed by atoms with E-state index in [9.17, 15) is 13.2 Å². The SMILES string of the molecule is CN(C)S(=O)(=O)N(C)c1ccc(C(=O)NC(C)(C)CC(C)(C)C)cc1. The van der Waals surface area contributed by atoms with E-state index in [1.54, 1.807) is 24.3 Å². The van der Waals surface area contributed by atoms with Crippen LogP contribution < -0.4 is 9.62 Å². The summed E-state index contributed by atoms with van der Waals surface area (Å²) >= 11 is 0. The predicted molar refractivity (Wildman–Crippen MR) is 103 cm³/mol. The summed E-state index contributed by atoms with van der Waals surface area (Å²) in [6, 6.07) is 6.54. The maximum absolute atomic E-state index is 12.5. The van der Waals surface area contributed by atoms with Gasteiger partial charge in [0.05, 0.1) is 5.69 Å². The van der Waals surface area contributed by atoms with Crippen molar-refractivity contribution in [2.45, 2.75) is 46.6 Å². The highest BCUT2D eigenvalue weighted by atomic mass is 32.2. The molecule has 142 valence electrons. The fraction of sp³-hybridized carbons (Fsp3) is 0.611. The average molecular weight is 370 g/mol. The molecule has 1 N–H and O–H groups in total. The van der Waals surface area contributed by atoms with Crippen molar-refractivity contribution in [3.8, 4) is 0 Å². The van der Waals surface area contributed by atoms with E-state index in [-0.39, 0.29) is 16.9 Å². The Balaban J connectivity index is 2.91. The molecule has 0 radical (unpaired) electrons. The Morgan fingerprint density at radius 3 is 1.88 bits per heavy atom. The lowest BCUT2D eigenvalue weighted by Crippen LogP contribution is -2.45. The number of nitrogens with one attached hydrogen (secondary N) is 1. The molecule has 0 aliphatic rings. The Morgan fingerprint density at radius 1 is 1.00 bits per heavy atom. The highest BCUT2D eigenvalue weighted by molar-refractivity contribution is 7.90. The second-order valence-corrected chi connectivity index (χ2v) is 10.6. The van der Waals surface area contributed by atoms with Crippen LogP contribution in [0.15, 0.2) is 24.3 Å². The molecule has 0 saturated carbocycles. The number of hydrogen-bond donors (Lipinski definition) is 1. The number of benzene rings is 1. The van der Waals surface area contributed by atoms with Crippen LogP contribution in [0.1, 0.15) is 51.4 Å². The summed E-state index contributed by atoms with van der Waals surface area (Å²) in [6.07, 6.45) is 0.841. The summed E-state index contributed by atoms with van der Waals surface area (Å²) in [6.45, 7) is 10.4. The van der Waals surface area contributed by atoms with Crippen LogP contribution in [0.5, 0.6) is 0 Å². The molecule has 0 fully saturated rings. The van der Waals surface area contributed by atoms with Crippen LogP contribution in [0.4, 0.5) is 5.69 Å². The van der Waals surface area contributed by atoms with Crippen LogP contribution in [0, 0.1) is 5.41 Å². The van der Waals surface area contributed by atoms with Crippen LogP contribution in [0.2, 0.25) is 0 Å². The minimum atomic E-state index is -3.55. The lowest BCUT2D eigenvalue weighted by molar-refractivity contribution is 0.0891. The first-order valence-corrected chi connectivity index (χ1v) is 9.64. The molecule has 0 heterocycles. The van der Waals surface area contributed by atoms with Crippen molar-refractivity contribution in [3.05, 3.63) is 29.8 Å². The van der Waals surface area contributed by atoms with Gasteiger partial charge in [-0.3, -0.25) is 9.10 Å². The fourth-order valence-electron chi connectivity index (χ4n) is 2.95. The van der Waals surface area contributed by atoms with Gasteiger partial charge in [-0.15, -0.1) is 0 Å². The first-order chi connectivity index (χ1) is 11.2. The highest BCUT2D eigenvalue weighted by Crippen LogP contribution is 2.27. The van der Waals surface area contributed by atoms with Gasteiger partial charge in [0.25, 0.3) is 5.91 Å². The van der Waals surface area contributed by atoms with Crippen LogP contribution in [0.25, 0.3) is 0 Å². The predicted octanol–water partition coefficient (Wildman–Crippen LogP) is 2.87. The number of hydrogen-bond acceptors (Lipinski definition) is 3. The largest absolute Gasteiger partial charge is 0.347 e. The van der Waals surface area contributed by atoms with Crippen LogP contribution >= 0.6 is 0 Å². The van der Waals surface area contributed by atoms with Gasteiger partial charge >= 0.3 is 10.2 Å². The molecule has 25 heavy (non-hydrogen) atoms. The van der Waals surface area contributed by atoms with E-state index >= 15 is 0 Å². The number of carbonyl (C=O) groups excluding carboxylic acids is 1. The number of amides is 1. The molecule has 0 saturated heterocycles. The van der Waals surface area contributed by atoms with E-state index in [4.69, 9.17) is 0 Å². The highest BCUT2D eigenvalue weighted by Gasteiger charge is 2.27. The second kappa shape index (κ2) is 7.33. The standard InChI is InChI=1S/C18H31N3O3S/c1-17(2,3)13-18(4,5)19-16(22)14-9-11-15(12-10-14)21(8)25(23,24)20(6)7/h9-12H,13H2,1-8H3,(H,19,22). The molecule has 0 spiro atoms. The molecule has 0 bridgehead atoms. The zero-order valence-corrected chi connectivity index (χ0v) is 17.4. The second-order valence-electron chi connectivity index (χ2n) is 8.38. The average Bonchev–Trinajstić information content (AvgIpc) is 2.43. The van der Waals surface area contributed by atoms with Crippen molar-refractivity contribution in [1.82, 2.24) is 9.62 Å². The van der Waals surface area contributed by atoms with Gasteiger partial charge < -0.3 is 5.32 Å². The normalized spacial score (nSPS) is 13.0. The van der Waals surface area contributed by atoms with E-state index in [2.05, 4.69) is 26.1 Å². The molecule has 0 atom stereocenters. The Labute approximate surface area is 152 Å². The third kappa shape index (κ3) is 6.01. The molecular weight excluding hydrogens is 338 g/mol. The Kier molecular flexibility index (Phi) is 6.29. The number of rotatable bonds is 6. The third-order valence-corrected chi connectivity index (χ3v) is 5.55. The molecule has 1 aromatic carbocycles. The summed E-state index contributed by atoms with van der Waals surface area (Å²) in [5.74, 6) is -0.168.